The van der Waals surface area contributed by atoms with Gasteiger partial charge in [0.05, 0.1) is 41.8 Å². The minimum absolute atomic E-state index is 0.403. The number of imidazole rings is 1. The number of nitrogens with zero attached hydrogens (tertiary/aromatic N) is 3. The molecule has 138 valence electrons. The van der Waals surface area contributed by atoms with E-state index in [4.69, 9.17) is 9.47 Å². The molecule has 2 aromatic carbocycles. The van der Waals surface area contributed by atoms with Crippen LogP contribution < -0.4 is 14.4 Å². The summed E-state index contributed by atoms with van der Waals surface area (Å²) < 4.78 is 25.6. The van der Waals surface area contributed by atoms with Crippen LogP contribution in [0.5, 0.6) is 11.5 Å². The summed E-state index contributed by atoms with van der Waals surface area (Å²) in [5.74, 6) is 1.63. The molecule has 0 bridgehead atoms. The molecule has 1 aromatic heterocycles. The van der Waals surface area contributed by atoms with Crippen LogP contribution in [0, 0.1) is 0 Å². The van der Waals surface area contributed by atoms with E-state index in [0.29, 0.717) is 22.4 Å². The molecule has 0 saturated carbocycles. The fourth-order valence-corrected chi connectivity index (χ4v) is 4.24. The number of aromatic nitrogens is 2. The van der Waals surface area contributed by atoms with Crippen molar-refractivity contribution in [1.29, 1.82) is 0 Å². The fourth-order valence-electron chi connectivity index (χ4n) is 2.98. The Morgan fingerprint density at radius 1 is 1.12 bits per heavy atom. The van der Waals surface area contributed by atoms with Crippen LogP contribution in [0.4, 0.5) is 5.69 Å². The lowest BCUT2D eigenvalue weighted by atomic mass is 10.2. The SMILES string of the molecule is COc1cc2nc(S(=O)Cc3ccccc3N(C)C)n(C)c2cc1OC. The highest BCUT2D eigenvalue weighted by atomic mass is 32.2. The molecule has 0 N–H and O–H groups in total. The van der Waals surface area contributed by atoms with E-state index in [2.05, 4.69) is 4.98 Å². The zero-order valence-electron chi connectivity index (χ0n) is 15.6. The van der Waals surface area contributed by atoms with Gasteiger partial charge in [-0.25, -0.2) is 4.98 Å². The standard InChI is InChI=1S/C19H23N3O3S/c1-21(2)15-9-7-6-8-13(15)12-26(23)19-20-14-10-17(24-4)18(25-5)11-16(14)22(19)3/h6-11H,12H2,1-5H3. The maximum absolute atomic E-state index is 13.0. The summed E-state index contributed by atoms with van der Waals surface area (Å²) in [7, 11) is 7.73. The van der Waals surface area contributed by atoms with Gasteiger partial charge in [0.25, 0.3) is 0 Å². The highest BCUT2D eigenvalue weighted by molar-refractivity contribution is 7.84. The van der Waals surface area contributed by atoms with Gasteiger partial charge in [0.2, 0.25) is 0 Å². The number of aryl methyl sites for hydroxylation is 1. The molecule has 7 heteroatoms. The number of benzene rings is 2. The van der Waals surface area contributed by atoms with Crippen LogP contribution in [0.25, 0.3) is 11.0 Å². The first kappa shape index (κ1) is 18.3. The first-order valence-corrected chi connectivity index (χ1v) is 9.50. The van der Waals surface area contributed by atoms with E-state index in [0.717, 1.165) is 22.3 Å². The molecule has 26 heavy (non-hydrogen) atoms. The summed E-state index contributed by atoms with van der Waals surface area (Å²) in [6, 6.07) is 11.6. The van der Waals surface area contributed by atoms with E-state index >= 15 is 0 Å². The third-order valence-electron chi connectivity index (χ3n) is 4.31. The summed E-state index contributed by atoms with van der Waals surface area (Å²) in [5, 5.41) is 0.531. The minimum Gasteiger partial charge on any atom is -0.493 e. The van der Waals surface area contributed by atoms with Crippen molar-refractivity contribution >= 4 is 27.5 Å². The van der Waals surface area contributed by atoms with Crippen molar-refractivity contribution < 1.29 is 13.7 Å². The summed E-state index contributed by atoms with van der Waals surface area (Å²) in [6.45, 7) is 0. The molecule has 0 aliphatic heterocycles. The summed E-state index contributed by atoms with van der Waals surface area (Å²) in [6.07, 6.45) is 0. The zero-order valence-corrected chi connectivity index (χ0v) is 16.5. The van der Waals surface area contributed by atoms with E-state index in [1.54, 1.807) is 14.2 Å². The van der Waals surface area contributed by atoms with Crippen LogP contribution in [-0.2, 0) is 23.6 Å². The van der Waals surface area contributed by atoms with Gasteiger partial charge in [0.1, 0.15) is 0 Å². The third kappa shape index (κ3) is 3.26. The number of para-hydroxylation sites is 1. The minimum atomic E-state index is -1.28. The van der Waals surface area contributed by atoms with Gasteiger partial charge < -0.3 is 18.9 Å². The van der Waals surface area contributed by atoms with Gasteiger partial charge in [-0.05, 0) is 11.6 Å². The third-order valence-corrected chi connectivity index (χ3v) is 5.65. The Morgan fingerprint density at radius 2 is 1.77 bits per heavy atom. The number of methoxy groups -OCH3 is 2. The predicted molar refractivity (Wildman–Crippen MR) is 105 cm³/mol. The predicted octanol–water partition coefficient (Wildman–Crippen LogP) is 2.96. The van der Waals surface area contributed by atoms with Crippen molar-refractivity contribution in [2.45, 2.75) is 10.9 Å². The second kappa shape index (κ2) is 7.37. The number of ether oxygens (including phenoxy) is 2. The molecule has 0 amide bonds. The second-order valence-corrected chi connectivity index (χ2v) is 7.51. The van der Waals surface area contributed by atoms with Gasteiger partial charge in [-0.2, -0.15) is 0 Å². The highest BCUT2D eigenvalue weighted by Crippen LogP contribution is 2.33. The Labute approximate surface area is 155 Å². The van der Waals surface area contributed by atoms with Gasteiger partial charge in [0, 0.05) is 39.0 Å². The fraction of sp³-hybridized carbons (Fsp3) is 0.316. The summed E-state index contributed by atoms with van der Waals surface area (Å²) >= 11 is 0. The lowest BCUT2D eigenvalue weighted by molar-refractivity contribution is 0.355. The van der Waals surface area contributed by atoms with Crippen LogP contribution in [0.3, 0.4) is 0 Å². The number of anilines is 1. The molecule has 1 atom stereocenters. The number of fused-ring (bicyclic) bond motifs is 1. The molecular formula is C19H23N3O3S. The number of hydrogen-bond acceptors (Lipinski definition) is 5. The molecular weight excluding hydrogens is 350 g/mol. The van der Waals surface area contributed by atoms with Gasteiger partial charge in [-0.1, -0.05) is 18.2 Å². The Bertz CT molecular complexity index is 966. The van der Waals surface area contributed by atoms with Crippen molar-refractivity contribution in [2.75, 3.05) is 33.2 Å². The van der Waals surface area contributed by atoms with Crippen LogP contribution in [0.1, 0.15) is 5.56 Å². The average molecular weight is 373 g/mol. The van der Waals surface area contributed by atoms with Gasteiger partial charge >= 0.3 is 0 Å². The van der Waals surface area contributed by atoms with Crippen LogP contribution in [-0.4, -0.2) is 42.1 Å². The topological polar surface area (TPSA) is 56.6 Å². The van der Waals surface area contributed by atoms with Crippen molar-refractivity contribution in [1.82, 2.24) is 9.55 Å². The molecule has 3 rings (SSSR count). The normalized spacial score (nSPS) is 12.2. The van der Waals surface area contributed by atoms with Crippen LogP contribution in [0.15, 0.2) is 41.6 Å². The molecule has 0 radical (unpaired) electrons. The molecule has 0 aliphatic carbocycles. The number of rotatable bonds is 6. The van der Waals surface area contributed by atoms with E-state index < -0.39 is 10.8 Å². The quantitative estimate of drug-likeness (QED) is 0.665. The Morgan fingerprint density at radius 3 is 2.42 bits per heavy atom. The van der Waals surface area contributed by atoms with E-state index in [1.165, 1.54) is 0 Å². The lowest BCUT2D eigenvalue weighted by Gasteiger charge is -2.16. The average Bonchev–Trinajstić information content (AvgIpc) is 2.96. The maximum atomic E-state index is 13.0. The van der Waals surface area contributed by atoms with E-state index in [9.17, 15) is 4.21 Å². The first-order chi connectivity index (χ1) is 12.5. The Kier molecular flexibility index (Phi) is 5.18. The Balaban J connectivity index is 2.00. The zero-order chi connectivity index (χ0) is 18.8. The van der Waals surface area contributed by atoms with Gasteiger partial charge in [0.15, 0.2) is 16.7 Å². The molecule has 1 unspecified atom stereocenters. The number of hydrogen-bond donors (Lipinski definition) is 0. The van der Waals surface area contributed by atoms with Crippen molar-refractivity contribution in [2.24, 2.45) is 7.05 Å². The maximum Gasteiger partial charge on any atom is 0.200 e. The highest BCUT2D eigenvalue weighted by Gasteiger charge is 2.18. The van der Waals surface area contributed by atoms with Crippen LogP contribution in [0.2, 0.25) is 0 Å². The van der Waals surface area contributed by atoms with Gasteiger partial charge in [-0.15, -0.1) is 0 Å². The monoisotopic (exact) mass is 373 g/mol. The molecule has 0 saturated heterocycles. The van der Waals surface area contributed by atoms with Crippen LogP contribution >= 0.6 is 0 Å². The second-order valence-electron chi connectivity index (χ2n) is 6.16. The largest absolute Gasteiger partial charge is 0.493 e. The lowest BCUT2D eigenvalue weighted by Crippen LogP contribution is -2.13. The van der Waals surface area contributed by atoms with E-state index in [-0.39, 0.29) is 0 Å². The molecule has 0 spiro atoms. The van der Waals surface area contributed by atoms with E-state index in [1.807, 2.05) is 67.0 Å². The molecule has 0 aliphatic rings. The smallest absolute Gasteiger partial charge is 0.200 e. The molecule has 3 aromatic rings. The first-order valence-electron chi connectivity index (χ1n) is 8.18. The Hall–Kier alpha value is -2.54. The summed E-state index contributed by atoms with van der Waals surface area (Å²) in [5.41, 5.74) is 3.67. The van der Waals surface area contributed by atoms with Gasteiger partial charge in [-0.3, -0.25) is 4.21 Å². The molecule has 6 nitrogen and oxygen atoms in total. The molecule has 1 heterocycles. The molecule has 0 fully saturated rings. The summed E-state index contributed by atoms with van der Waals surface area (Å²) in [4.78, 5) is 6.61. The van der Waals surface area contributed by atoms with Crippen molar-refractivity contribution in [3.05, 3.63) is 42.0 Å². The van der Waals surface area contributed by atoms with Crippen molar-refractivity contribution in [3.8, 4) is 11.5 Å². The van der Waals surface area contributed by atoms with Crippen molar-refractivity contribution in [3.63, 3.8) is 0 Å².